The molecule has 0 atom stereocenters. The molecule has 1 rings (SSSR count). The van der Waals surface area contributed by atoms with Gasteiger partial charge in [0.05, 0.1) is 6.61 Å². The predicted molar refractivity (Wildman–Crippen MR) is 54.9 cm³/mol. The Balaban J connectivity index is 2.87. The summed E-state index contributed by atoms with van der Waals surface area (Å²) in [5.41, 5.74) is 1.14. The van der Waals surface area contributed by atoms with Gasteiger partial charge >= 0.3 is 0 Å². The summed E-state index contributed by atoms with van der Waals surface area (Å²) in [6.07, 6.45) is 2.04. The van der Waals surface area contributed by atoms with Gasteiger partial charge in [0.1, 0.15) is 0 Å². The highest BCUT2D eigenvalue weighted by atomic mass is 17.1. The first-order valence-electron chi connectivity index (χ1n) is 4.89. The van der Waals surface area contributed by atoms with Crippen molar-refractivity contribution in [1.29, 1.82) is 0 Å². The maximum absolute atomic E-state index is 8.66. The number of ether oxygens (including phenoxy) is 1. The van der Waals surface area contributed by atoms with Gasteiger partial charge in [-0.3, -0.25) is 0 Å². The Labute approximate surface area is 84.2 Å². The van der Waals surface area contributed by atoms with Crippen LogP contribution in [0.25, 0.3) is 0 Å². The van der Waals surface area contributed by atoms with E-state index in [0.29, 0.717) is 18.1 Å². The Hall–Kier alpha value is -1.22. The third-order valence-corrected chi connectivity index (χ3v) is 1.94. The zero-order valence-corrected chi connectivity index (χ0v) is 8.62. The molecule has 0 heterocycles. The molecule has 0 aromatic heterocycles. The summed E-state index contributed by atoms with van der Waals surface area (Å²) >= 11 is 0. The SMILES string of the molecule is CCCc1ccc(OCC)c(OO)c1. The molecular weight excluding hydrogens is 180 g/mol. The largest absolute Gasteiger partial charge is 0.490 e. The molecule has 0 aliphatic carbocycles. The van der Waals surface area contributed by atoms with E-state index in [4.69, 9.17) is 9.99 Å². The summed E-state index contributed by atoms with van der Waals surface area (Å²) in [5, 5.41) is 8.66. The number of rotatable bonds is 5. The second-order valence-corrected chi connectivity index (χ2v) is 3.06. The van der Waals surface area contributed by atoms with Crippen LogP contribution in [0.15, 0.2) is 18.2 Å². The number of hydrogen-bond donors (Lipinski definition) is 1. The first-order valence-corrected chi connectivity index (χ1v) is 4.89. The van der Waals surface area contributed by atoms with E-state index in [1.807, 2.05) is 19.1 Å². The molecule has 0 bridgehead atoms. The molecule has 0 spiro atoms. The van der Waals surface area contributed by atoms with Crippen LogP contribution in [0.3, 0.4) is 0 Å². The zero-order valence-electron chi connectivity index (χ0n) is 8.62. The van der Waals surface area contributed by atoms with Gasteiger partial charge in [0, 0.05) is 0 Å². The van der Waals surface area contributed by atoms with E-state index in [-0.39, 0.29) is 0 Å². The van der Waals surface area contributed by atoms with Gasteiger partial charge in [0.2, 0.25) is 5.75 Å². The smallest absolute Gasteiger partial charge is 0.207 e. The van der Waals surface area contributed by atoms with Crippen LogP contribution in [0.5, 0.6) is 11.5 Å². The molecule has 78 valence electrons. The molecule has 0 radical (unpaired) electrons. The summed E-state index contributed by atoms with van der Waals surface area (Å²) in [6.45, 7) is 4.56. The topological polar surface area (TPSA) is 38.7 Å². The van der Waals surface area contributed by atoms with Crippen LogP contribution in [-0.2, 0) is 6.42 Å². The fourth-order valence-electron chi connectivity index (χ4n) is 1.34. The molecule has 0 aliphatic heterocycles. The first-order chi connectivity index (χ1) is 6.81. The highest BCUT2D eigenvalue weighted by Gasteiger charge is 2.05. The molecule has 0 saturated heterocycles. The van der Waals surface area contributed by atoms with Gasteiger partial charge in [0.15, 0.2) is 5.75 Å². The van der Waals surface area contributed by atoms with E-state index in [1.54, 1.807) is 6.07 Å². The second-order valence-electron chi connectivity index (χ2n) is 3.06. The minimum atomic E-state index is 0.387. The van der Waals surface area contributed by atoms with Gasteiger partial charge in [-0.1, -0.05) is 19.4 Å². The monoisotopic (exact) mass is 196 g/mol. The van der Waals surface area contributed by atoms with Crippen molar-refractivity contribution in [2.75, 3.05) is 6.61 Å². The number of aryl methyl sites for hydroxylation is 1. The van der Waals surface area contributed by atoms with E-state index in [2.05, 4.69) is 11.8 Å². The molecule has 3 nitrogen and oxygen atoms in total. The highest BCUT2D eigenvalue weighted by molar-refractivity contribution is 5.42. The van der Waals surface area contributed by atoms with Crippen molar-refractivity contribution >= 4 is 0 Å². The average molecular weight is 196 g/mol. The molecule has 0 amide bonds. The molecule has 0 fully saturated rings. The highest BCUT2D eigenvalue weighted by Crippen LogP contribution is 2.28. The number of benzene rings is 1. The molecule has 1 aromatic rings. The van der Waals surface area contributed by atoms with Crippen LogP contribution in [-0.4, -0.2) is 11.9 Å². The van der Waals surface area contributed by atoms with Gasteiger partial charge in [-0.2, -0.15) is 0 Å². The molecule has 0 unspecified atom stereocenters. The normalized spacial score (nSPS) is 9.93. The lowest BCUT2D eigenvalue weighted by molar-refractivity contribution is -0.139. The van der Waals surface area contributed by atoms with Crippen molar-refractivity contribution < 1.29 is 14.9 Å². The van der Waals surface area contributed by atoms with E-state index in [0.717, 1.165) is 18.4 Å². The average Bonchev–Trinajstić information content (AvgIpc) is 2.21. The minimum Gasteiger partial charge on any atom is -0.490 e. The lowest BCUT2D eigenvalue weighted by Crippen LogP contribution is -1.96. The van der Waals surface area contributed by atoms with Crippen LogP contribution in [0.4, 0.5) is 0 Å². The number of hydrogen-bond acceptors (Lipinski definition) is 3. The van der Waals surface area contributed by atoms with Crippen molar-refractivity contribution in [3.05, 3.63) is 23.8 Å². The van der Waals surface area contributed by atoms with Crippen molar-refractivity contribution in [3.8, 4) is 11.5 Å². The van der Waals surface area contributed by atoms with Crippen molar-refractivity contribution in [1.82, 2.24) is 0 Å². The summed E-state index contributed by atoms with van der Waals surface area (Å²) < 4.78 is 5.28. The van der Waals surface area contributed by atoms with E-state index in [9.17, 15) is 0 Å². The van der Waals surface area contributed by atoms with Crippen LogP contribution in [0, 0.1) is 0 Å². The van der Waals surface area contributed by atoms with Crippen molar-refractivity contribution in [3.63, 3.8) is 0 Å². The van der Waals surface area contributed by atoms with Crippen molar-refractivity contribution in [2.45, 2.75) is 26.7 Å². The molecule has 1 N–H and O–H groups in total. The Morgan fingerprint density at radius 3 is 2.57 bits per heavy atom. The lowest BCUT2D eigenvalue weighted by Gasteiger charge is -2.08. The summed E-state index contributed by atoms with van der Waals surface area (Å²) in [5.74, 6) is 0.965. The third kappa shape index (κ3) is 2.64. The van der Waals surface area contributed by atoms with Crippen LogP contribution in [0.2, 0.25) is 0 Å². The molecular formula is C11H16O3. The standard InChI is InChI=1S/C11H16O3/c1-3-5-9-6-7-10(13-4-2)11(8-9)14-12/h6-8,12H,3-5H2,1-2H3. The minimum absolute atomic E-state index is 0.387. The zero-order chi connectivity index (χ0) is 10.4. The molecule has 0 saturated carbocycles. The van der Waals surface area contributed by atoms with E-state index >= 15 is 0 Å². The van der Waals surface area contributed by atoms with Gasteiger partial charge in [0.25, 0.3) is 0 Å². The fraction of sp³-hybridized carbons (Fsp3) is 0.455. The Morgan fingerprint density at radius 2 is 2.00 bits per heavy atom. The summed E-state index contributed by atoms with van der Waals surface area (Å²) in [6, 6.07) is 5.60. The van der Waals surface area contributed by atoms with Crippen LogP contribution < -0.4 is 9.62 Å². The fourth-order valence-corrected chi connectivity index (χ4v) is 1.34. The molecule has 1 aromatic carbocycles. The van der Waals surface area contributed by atoms with Gasteiger partial charge in [-0.25, -0.2) is 5.26 Å². The van der Waals surface area contributed by atoms with Crippen LogP contribution in [0.1, 0.15) is 25.8 Å². The lowest BCUT2D eigenvalue weighted by atomic mass is 10.1. The third-order valence-electron chi connectivity index (χ3n) is 1.94. The second kappa shape index (κ2) is 5.50. The summed E-state index contributed by atoms with van der Waals surface area (Å²) in [4.78, 5) is 4.26. The Kier molecular flexibility index (Phi) is 4.26. The van der Waals surface area contributed by atoms with Crippen molar-refractivity contribution in [2.24, 2.45) is 0 Å². The molecule has 0 aliphatic rings. The maximum atomic E-state index is 8.66. The summed E-state index contributed by atoms with van der Waals surface area (Å²) in [7, 11) is 0. The predicted octanol–water partition coefficient (Wildman–Crippen LogP) is 2.89. The van der Waals surface area contributed by atoms with Crippen LogP contribution >= 0.6 is 0 Å². The van der Waals surface area contributed by atoms with E-state index in [1.165, 1.54) is 0 Å². The maximum Gasteiger partial charge on any atom is 0.207 e. The Bertz CT molecular complexity index is 284. The van der Waals surface area contributed by atoms with Gasteiger partial charge in [-0.05, 0) is 31.0 Å². The quantitative estimate of drug-likeness (QED) is 0.581. The first kappa shape index (κ1) is 10.9. The molecule has 14 heavy (non-hydrogen) atoms. The van der Waals surface area contributed by atoms with Gasteiger partial charge < -0.3 is 9.62 Å². The van der Waals surface area contributed by atoms with E-state index < -0.39 is 0 Å². The Morgan fingerprint density at radius 1 is 1.21 bits per heavy atom. The molecule has 3 heteroatoms. The van der Waals surface area contributed by atoms with Gasteiger partial charge in [-0.15, -0.1) is 0 Å².